The molecule has 0 aliphatic heterocycles. The fourth-order valence-corrected chi connectivity index (χ4v) is 1.73. The Bertz CT molecular complexity index is 352. The molecule has 0 bridgehead atoms. The Balaban J connectivity index is 2.35. The molecule has 1 aromatic heterocycles. The topological polar surface area (TPSA) is 65.5 Å². The van der Waals surface area contributed by atoms with E-state index in [9.17, 15) is 4.79 Å². The molecular weight excluding hydrogens is 226 g/mol. The van der Waals surface area contributed by atoms with Crippen LogP contribution < -0.4 is 5.32 Å². The third kappa shape index (κ3) is 3.88. The van der Waals surface area contributed by atoms with Gasteiger partial charge in [-0.05, 0) is 21.0 Å². The second-order valence-electron chi connectivity index (χ2n) is 3.89. The summed E-state index contributed by atoms with van der Waals surface area (Å²) in [4.78, 5) is 16.7. The number of carbonyl (C=O) groups is 1. The monoisotopic (exact) mass is 243 g/mol. The van der Waals surface area contributed by atoms with Crippen molar-refractivity contribution in [1.82, 2.24) is 15.2 Å². The maximum atomic E-state index is 10.6. The third-order valence-electron chi connectivity index (χ3n) is 2.36. The summed E-state index contributed by atoms with van der Waals surface area (Å²) in [6.07, 6.45) is 0. The van der Waals surface area contributed by atoms with Crippen LogP contribution in [-0.4, -0.2) is 47.6 Å². The normalized spacial score (nSPS) is 13.0. The van der Waals surface area contributed by atoms with Crippen LogP contribution in [0.5, 0.6) is 0 Å². The molecule has 0 saturated heterocycles. The van der Waals surface area contributed by atoms with E-state index >= 15 is 0 Å². The summed E-state index contributed by atoms with van der Waals surface area (Å²) in [6, 6.07) is 0.442. The van der Waals surface area contributed by atoms with Crippen molar-refractivity contribution in [2.75, 3.05) is 20.6 Å². The van der Waals surface area contributed by atoms with Crippen molar-refractivity contribution in [3.05, 3.63) is 16.1 Å². The number of hydrogen-bond acceptors (Lipinski definition) is 5. The number of aromatic nitrogens is 1. The highest BCUT2D eigenvalue weighted by molar-refractivity contribution is 7.11. The van der Waals surface area contributed by atoms with Gasteiger partial charge in [0.25, 0.3) is 0 Å². The minimum absolute atomic E-state index is 0.150. The summed E-state index contributed by atoms with van der Waals surface area (Å²) in [5.74, 6) is -0.960. The molecule has 0 fully saturated rings. The first-order valence-corrected chi connectivity index (χ1v) is 5.93. The molecule has 0 spiro atoms. The van der Waals surface area contributed by atoms with Gasteiger partial charge in [0, 0.05) is 24.5 Å². The Hall–Kier alpha value is -0.980. The van der Waals surface area contributed by atoms with E-state index in [2.05, 4.69) is 22.1 Å². The van der Waals surface area contributed by atoms with E-state index in [1.54, 1.807) is 5.38 Å². The third-order valence-corrected chi connectivity index (χ3v) is 3.24. The number of thiazole rings is 1. The molecule has 0 aromatic carbocycles. The SMILES string of the molecule is CC(CNCc1csc(C(=O)O)n1)N(C)C. The largest absolute Gasteiger partial charge is 0.476 e. The van der Waals surface area contributed by atoms with Crippen molar-refractivity contribution in [3.8, 4) is 0 Å². The molecule has 0 aliphatic rings. The van der Waals surface area contributed by atoms with Crippen molar-refractivity contribution in [3.63, 3.8) is 0 Å². The standard InChI is InChI=1S/C10H17N3O2S/c1-7(13(2)3)4-11-5-8-6-16-9(12-8)10(14)15/h6-7,11H,4-5H2,1-3H3,(H,14,15). The Morgan fingerprint density at radius 3 is 2.88 bits per heavy atom. The molecule has 6 heteroatoms. The summed E-state index contributed by atoms with van der Waals surface area (Å²) < 4.78 is 0. The van der Waals surface area contributed by atoms with E-state index in [1.165, 1.54) is 0 Å². The lowest BCUT2D eigenvalue weighted by atomic mass is 10.3. The Kier molecular flexibility index (Phi) is 4.85. The minimum atomic E-state index is -0.960. The molecule has 1 aromatic rings. The Labute approximate surface area is 99.1 Å². The average molecular weight is 243 g/mol. The highest BCUT2D eigenvalue weighted by Crippen LogP contribution is 2.09. The van der Waals surface area contributed by atoms with E-state index in [4.69, 9.17) is 5.11 Å². The summed E-state index contributed by atoms with van der Waals surface area (Å²) in [6.45, 7) is 3.59. The lowest BCUT2D eigenvalue weighted by Gasteiger charge is -2.19. The molecule has 0 radical (unpaired) electrons. The van der Waals surface area contributed by atoms with Gasteiger partial charge in [-0.3, -0.25) is 0 Å². The molecule has 1 atom stereocenters. The second-order valence-corrected chi connectivity index (χ2v) is 4.75. The summed E-state index contributed by atoms with van der Waals surface area (Å²) in [5, 5.41) is 13.9. The summed E-state index contributed by atoms with van der Waals surface area (Å²) >= 11 is 1.16. The van der Waals surface area contributed by atoms with E-state index in [-0.39, 0.29) is 5.01 Å². The van der Waals surface area contributed by atoms with E-state index < -0.39 is 5.97 Å². The van der Waals surface area contributed by atoms with E-state index in [0.717, 1.165) is 23.6 Å². The first kappa shape index (κ1) is 13.1. The number of rotatable bonds is 6. The van der Waals surface area contributed by atoms with Gasteiger partial charge in [0.2, 0.25) is 5.01 Å². The molecule has 0 amide bonds. The lowest BCUT2D eigenvalue weighted by molar-refractivity contribution is 0.0696. The van der Waals surface area contributed by atoms with Crippen LogP contribution in [0.2, 0.25) is 0 Å². The zero-order valence-electron chi connectivity index (χ0n) is 9.73. The maximum Gasteiger partial charge on any atom is 0.365 e. The van der Waals surface area contributed by atoms with Gasteiger partial charge in [0.15, 0.2) is 0 Å². The van der Waals surface area contributed by atoms with Gasteiger partial charge in [0.1, 0.15) is 0 Å². The molecule has 0 aliphatic carbocycles. The quantitative estimate of drug-likeness (QED) is 0.776. The van der Waals surface area contributed by atoms with Crippen LogP contribution in [0.15, 0.2) is 5.38 Å². The zero-order chi connectivity index (χ0) is 12.1. The lowest BCUT2D eigenvalue weighted by Crippen LogP contribution is -2.35. The molecule has 0 saturated carbocycles. The van der Waals surface area contributed by atoms with Crippen molar-refractivity contribution < 1.29 is 9.90 Å². The second kappa shape index (κ2) is 5.93. The number of carboxylic acids is 1. The molecule has 1 rings (SSSR count). The Morgan fingerprint density at radius 1 is 1.69 bits per heavy atom. The molecular formula is C10H17N3O2S. The van der Waals surface area contributed by atoms with Gasteiger partial charge >= 0.3 is 5.97 Å². The van der Waals surface area contributed by atoms with Gasteiger partial charge in [-0.1, -0.05) is 0 Å². The first-order valence-electron chi connectivity index (χ1n) is 5.05. The van der Waals surface area contributed by atoms with Crippen LogP contribution in [0.1, 0.15) is 22.4 Å². The van der Waals surface area contributed by atoms with Crippen molar-refractivity contribution in [1.29, 1.82) is 0 Å². The fraction of sp³-hybridized carbons (Fsp3) is 0.600. The highest BCUT2D eigenvalue weighted by Gasteiger charge is 2.09. The van der Waals surface area contributed by atoms with Gasteiger partial charge in [-0.25, -0.2) is 9.78 Å². The van der Waals surface area contributed by atoms with Crippen molar-refractivity contribution >= 4 is 17.3 Å². The number of aromatic carboxylic acids is 1. The van der Waals surface area contributed by atoms with E-state index in [0.29, 0.717) is 12.6 Å². The smallest absolute Gasteiger partial charge is 0.365 e. The predicted molar refractivity (Wildman–Crippen MR) is 63.9 cm³/mol. The van der Waals surface area contributed by atoms with Crippen LogP contribution in [-0.2, 0) is 6.54 Å². The van der Waals surface area contributed by atoms with E-state index in [1.807, 2.05) is 14.1 Å². The predicted octanol–water partition coefficient (Wildman–Crippen LogP) is 0.881. The van der Waals surface area contributed by atoms with Crippen LogP contribution >= 0.6 is 11.3 Å². The van der Waals surface area contributed by atoms with Crippen LogP contribution in [0, 0.1) is 0 Å². The molecule has 16 heavy (non-hydrogen) atoms. The van der Waals surface area contributed by atoms with Gasteiger partial charge in [0.05, 0.1) is 5.69 Å². The minimum Gasteiger partial charge on any atom is -0.476 e. The number of nitrogens with zero attached hydrogens (tertiary/aromatic N) is 2. The first-order chi connectivity index (χ1) is 7.50. The number of hydrogen-bond donors (Lipinski definition) is 2. The van der Waals surface area contributed by atoms with Crippen LogP contribution in [0.4, 0.5) is 0 Å². The van der Waals surface area contributed by atoms with Gasteiger partial charge in [-0.2, -0.15) is 0 Å². The van der Waals surface area contributed by atoms with Gasteiger partial charge in [-0.15, -0.1) is 11.3 Å². The molecule has 5 nitrogen and oxygen atoms in total. The van der Waals surface area contributed by atoms with Crippen LogP contribution in [0.3, 0.4) is 0 Å². The maximum absolute atomic E-state index is 10.6. The summed E-state index contributed by atoms with van der Waals surface area (Å²) in [7, 11) is 4.05. The summed E-state index contributed by atoms with van der Waals surface area (Å²) in [5.41, 5.74) is 0.786. The molecule has 2 N–H and O–H groups in total. The molecule has 90 valence electrons. The number of carboxylic acid groups (broad SMARTS) is 1. The van der Waals surface area contributed by atoms with Gasteiger partial charge < -0.3 is 15.3 Å². The Morgan fingerprint density at radius 2 is 2.38 bits per heavy atom. The van der Waals surface area contributed by atoms with Crippen LogP contribution in [0.25, 0.3) is 0 Å². The van der Waals surface area contributed by atoms with Crippen molar-refractivity contribution in [2.45, 2.75) is 19.5 Å². The number of nitrogens with one attached hydrogen (secondary N) is 1. The highest BCUT2D eigenvalue weighted by atomic mass is 32.1. The number of likely N-dealkylation sites (N-methyl/N-ethyl adjacent to an activating group) is 1. The zero-order valence-corrected chi connectivity index (χ0v) is 10.5. The molecule has 1 unspecified atom stereocenters. The molecule has 1 heterocycles. The van der Waals surface area contributed by atoms with Crippen molar-refractivity contribution in [2.24, 2.45) is 0 Å². The fourth-order valence-electron chi connectivity index (χ4n) is 1.08. The average Bonchev–Trinajstić information content (AvgIpc) is 2.66.